The number of hydrogen-bond donors (Lipinski definition) is 1. The van der Waals surface area contributed by atoms with Crippen molar-refractivity contribution in [3.63, 3.8) is 0 Å². The van der Waals surface area contributed by atoms with E-state index in [1.165, 1.54) is 6.07 Å². The van der Waals surface area contributed by atoms with Gasteiger partial charge in [-0.25, -0.2) is 4.39 Å². The first-order valence-electron chi connectivity index (χ1n) is 4.22. The van der Waals surface area contributed by atoms with Gasteiger partial charge in [-0.05, 0) is 12.1 Å². The summed E-state index contributed by atoms with van der Waals surface area (Å²) < 4.78 is 54.6. The van der Waals surface area contributed by atoms with Crippen LogP contribution in [0.1, 0.15) is 0 Å². The zero-order valence-electron chi connectivity index (χ0n) is 7.89. The van der Waals surface area contributed by atoms with E-state index in [0.717, 1.165) is 12.1 Å². The lowest BCUT2D eigenvalue weighted by molar-refractivity contribution is -0.191. The van der Waals surface area contributed by atoms with E-state index in [1.54, 1.807) is 0 Å². The van der Waals surface area contributed by atoms with Crippen LogP contribution >= 0.6 is 15.9 Å². The smallest absolute Gasteiger partial charge is 0.426 e. The minimum Gasteiger partial charge on any atom is -0.479 e. The normalized spacial score (nSPS) is 13.6. The first-order valence-corrected chi connectivity index (χ1v) is 5.01. The summed E-state index contributed by atoms with van der Waals surface area (Å²) in [6.07, 6.45) is -6.71. The molecule has 2 nitrogen and oxygen atoms in total. The Morgan fingerprint density at radius 3 is 2.38 bits per heavy atom. The van der Waals surface area contributed by atoms with Gasteiger partial charge in [-0.1, -0.05) is 15.9 Å². The molecule has 0 aliphatic heterocycles. The van der Waals surface area contributed by atoms with Crippen LogP contribution in [0.3, 0.4) is 0 Å². The minimum absolute atomic E-state index is 0.223. The highest BCUT2D eigenvalue weighted by molar-refractivity contribution is 9.10. The van der Waals surface area contributed by atoms with Gasteiger partial charge in [0.05, 0.1) is 0 Å². The second kappa shape index (κ2) is 5.01. The van der Waals surface area contributed by atoms with Crippen molar-refractivity contribution >= 4 is 15.9 Å². The van der Waals surface area contributed by atoms with Gasteiger partial charge in [0.1, 0.15) is 11.6 Å². The minimum atomic E-state index is -4.58. The molecule has 1 unspecified atom stereocenters. The molecule has 90 valence electrons. The maximum absolute atomic E-state index is 12.9. The molecule has 16 heavy (non-hydrogen) atoms. The lowest BCUT2D eigenvalue weighted by atomic mass is 10.3. The Hall–Kier alpha value is -0.820. The third-order valence-electron chi connectivity index (χ3n) is 1.69. The molecule has 0 radical (unpaired) electrons. The van der Waals surface area contributed by atoms with E-state index >= 15 is 0 Å². The number of nitrogens with two attached hydrogens (primary N) is 1. The molecule has 0 fully saturated rings. The predicted molar refractivity (Wildman–Crippen MR) is 53.6 cm³/mol. The SMILES string of the molecule is NCC(Oc1cc(F)cc(Br)c1)C(F)(F)F. The van der Waals surface area contributed by atoms with Gasteiger partial charge in [0.2, 0.25) is 6.10 Å². The number of ether oxygens (including phenoxy) is 1. The van der Waals surface area contributed by atoms with Gasteiger partial charge in [-0.3, -0.25) is 0 Å². The first-order chi connectivity index (χ1) is 7.32. The Bertz CT molecular complexity index is 349. The summed E-state index contributed by atoms with van der Waals surface area (Å²) in [5.41, 5.74) is 4.93. The summed E-state index contributed by atoms with van der Waals surface area (Å²) in [6, 6.07) is 3.20. The molecule has 0 amide bonds. The summed E-state index contributed by atoms with van der Waals surface area (Å²) in [5.74, 6) is -0.915. The predicted octanol–water partition coefficient (Wildman–Crippen LogP) is 2.86. The van der Waals surface area contributed by atoms with Crippen molar-refractivity contribution in [2.45, 2.75) is 12.3 Å². The number of rotatable bonds is 3. The molecule has 1 rings (SSSR count). The highest BCUT2D eigenvalue weighted by Crippen LogP contribution is 2.27. The number of halogens is 5. The summed E-state index contributed by atoms with van der Waals surface area (Å²) in [4.78, 5) is 0. The van der Waals surface area contributed by atoms with Gasteiger partial charge in [-0.2, -0.15) is 13.2 Å². The Balaban J connectivity index is 2.86. The molecule has 0 aliphatic rings. The number of alkyl halides is 3. The van der Waals surface area contributed by atoms with Crippen molar-refractivity contribution in [1.82, 2.24) is 0 Å². The highest BCUT2D eigenvalue weighted by atomic mass is 79.9. The molecule has 0 bridgehead atoms. The average molecular weight is 302 g/mol. The molecule has 1 aromatic rings. The van der Waals surface area contributed by atoms with Crippen LogP contribution in [0, 0.1) is 5.82 Å². The average Bonchev–Trinajstić information content (AvgIpc) is 2.10. The van der Waals surface area contributed by atoms with Crippen molar-refractivity contribution in [2.75, 3.05) is 6.54 Å². The number of hydrogen-bond acceptors (Lipinski definition) is 2. The van der Waals surface area contributed by atoms with Crippen LogP contribution in [0.4, 0.5) is 17.6 Å². The zero-order valence-corrected chi connectivity index (χ0v) is 9.48. The Labute approximate surface area is 97.5 Å². The molecule has 2 N–H and O–H groups in total. The van der Waals surface area contributed by atoms with E-state index in [2.05, 4.69) is 20.7 Å². The van der Waals surface area contributed by atoms with E-state index in [4.69, 9.17) is 5.73 Å². The summed E-state index contributed by atoms with van der Waals surface area (Å²) >= 11 is 2.94. The molecule has 7 heteroatoms. The molecule has 0 aliphatic carbocycles. The quantitative estimate of drug-likeness (QED) is 0.871. The molecular formula is C9H8BrF4NO. The van der Waals surface area contributed by atoms with Gasteiger partial charge in [0.15, 0.2) is 0 Å². The molecule has 0 aromatic heterocycles. The van der Waals surface area contributed by atoms with Crippen molar-refractivity contribution in [2.24, 2.45) is 5.73 Å². The van der Waals surface area contributed by atoms with Crippen LogP contribution in [0.15, 0.2) is 22.7 Å². The third-order valence-corrected chi connectivity index (χ3v) is 2.15. The van der Waals surface area contributed by atoms with Crippen LogP contribution in [0.25, 0.3) is 0 Å². The lowest BCUT2D eigenvalue weighted by Crippen LogP contribution is -2.40. The van der Waals surface area contributed by atoms with E-state index < -0.39 is 24.6 Å². The monoisotopic (exact) mass is 301 g/mol. The molecular weight excluding hydrogens is 294 g/mol. The van der Waals surface area contributed by atoms with Crippen molar-refractivity contribution in [1.29, 1.82) is 0 Å². The van der Waals surface area contributed by atoms with Crippen molar-refractivity contribution < 1.29 is 22.3 Å². The first kappa shape index (κ1) is 13.2. The van der Waals surface area contributed by atoms with Crippen LogP contribution in [0.5, 0.6) is 5.75 Å². The summed E-state index contributed by atoms with van der Waals surface area (Å²) in [7, 11) is 0. The second-order valence-corrected chi connectivity index (χ2v) is 3.90. The summed E-state index contributed by atoms with van der Waals surface area (Å²) in [5, 5.41) is 0. The topological polar surface area (TPSA) is 35.2 Å². The van der Waals surface area contributed by atoms with Gasteiger partial charge in [0.25, 0.3) is 0 Å². The van der Waals surface area contributed by atoms with Crippen LogP contribution in [-0.2, 0) is 0 Å². The van der Waals surface area contributed by atoms with Gasteiger partial charge >= 0.3 is 6.18 Å². The maximum atomic E-state index is 12.9. The molecule has 0 saturated carbocycles. The Morgan fingerprint density at radius 2 is 1.94 bits per heavy atom. The van der Waals surface area contributed by atoms with E-state index in [0.29, 0.717) is 4.47 Å². The van der Waals surface area contributed by atoms with Crippen LogP contribution in [0.2, 0.25) is 0 Å². The van der Waals surface area contributed by atoms with Gasteiger partial charge in [0, 0.05) is 17.1 Å². The Kier molecular flexibility index (Phi) is 4.15. The number of benzene rings is 1. The second-order valence-electron chi connectivity index (χ2n) is 2.99. The fourth-order valence-electron chi connectivity index (χ4n) is 1.01. The van der Waals surface area contributed by atoms with E-state index in [9.17, 15) is 17.6 Å². The molecule has 1 aromatic carbocycles. The molecule has 0 spiro atoms. The van der Waals surface area contributed by atoms with Gasteiger partial charge in [-0.15, -0.1) is 0 Å². The van der Waals surface area contributed by atoms with Gasteiger partial charge < -0.3 is 10.5 Å². The Morgan fingerprint density at radius 1 is 1.31 bits per heavy atom. The maximum Gasteiger partial charge on any atom is 0.426 e. The van der Waals surface area contributed by atoms with Crippen molar-refractivity contribution in [3.05, 3.63) is 28.5 Å². The highest BCUT2D eigenvalue weighted by Gasteiger charge is 2.40. The fraction of sp³-hybridized carbons (Fsp3) is 0.333. The molecule has 0 heterocycles. The van der Waals surface area contributed by atoms with Crippen LogP contribution in [-0.4, -0.2) is 18.8 Å². The zero-order chi connectivity index (χ0) is 12.3. The largest absolute Gasteiger partial charge is 0.479 e. The van der Waals surface area contributed by atoms with E-state index in [-0.39, 0.29) is 5.75 Å². The third kappa shape index (κ3) is 3.64. The lowest BCUT2D eigenvalue weighted by Gasteiger charge is -2.20. The molecule has 0 saturated heterocycles. The van der Waals surface area contributed by atoms with Crippen LogP contribution < -0.4 is 10.5 Å². The molecule has 1 atom stereocenters. The van der Waals surface area contributed by atoms with Crippen molar-refractivity contribution in [3.8, 4) is 5.75 Å². The standard InChI is InChI=1S/C9H8BrF4NO/c10-5-1-6(11)3-7(2-5)16-8(4-15)9(12,13)14/h1-3,8H,4,15H2. The fourth-order valence-corrected chi connectivity index (χ4v) is 1.45. The summed E-state index contributed by atoms with van der Waals surface area (Å²) in [6.45, 7) is -0.725. The van der Waals surface area contributed by atoms with E-state index in [1.807, 2.05) is 0 Å².